The molecular formula is C15H25NO2. The van der Waals surface area contributed by atoms with Gasteiger partial charge in [0, 0.05) is 18.5 Å². The maximum absolute atomic E-state index is 9.65. The molecule has 0 aromatic heterocycles. The zero-order chi connectivity index (χ0) is 13.4. The molecule has 0 atom stereocenters. The fourth-order valence-electron chi connectivity index (χ4n) is 1.60. The molecule has 0 heterocycles. The molecule has 0 fully saturated rings. The summed E-state index contributed by atoms with van der Waals surface area (Å²) in [5.41, 5.74) is 0.497. The molecule has 0 radical (unpaired) electrons. The van der Waals surface area contributed by atoms with Gasteiger partial charge in [-0.1, -0.05) is 25.1 Å². The van der Waals surface area contributed by atoms with Crippen molar-refractivity contribution in [1.29, 1.82) is 0 Å². The Bertz CT molecular complexity index is 345. The van der Waals surface area contributed by atoms with Crippen LogP contribution in [0.2, 0.25) is 0 Å². The molecule has 0 aliphatic carbocycles. The van der Waals surface area contributed by atoms with Gasteiger partial charge in [-0.25, -0.2) is 0 Å². The van der Waals surface area contributed by atoms with Crippen LogP contribution >= 0.6 is 0 Å². The number of aliphatic hydroxyl groups is 1. The summed E-state index contributed by atoms with van der Waals surface area (Å²) in [7, 11) is 0. The first kappa shape index (κ1) is 15.0. The molecule has 0 saturated carbocycles. The average molecular weight is 251 g/mol. The number of ether oxygens (including phenoxy) is 1. The molecule has 3 nitrogen and oxygen atoms in total. The lowest BCUT2D eigenvalue weighted by Crippen LogP contribution is -2.22. The topological polar surface area (TPSA) is 41.5 Å². The SMILES string of the molecule is CCCNCc1ccccc1OCCC(C)(C)O. The minimum Gasteiger partial charge on any atom is -0.493 e. The summed E-state index contributed by atoms with van der Waals surface area (Å²) in [6.45, 7) is 8.12. The molecule has 18 heavy (non-hydrogen) atoms. The van der Waals surface area contributed by atoms with Crippen molar-refractivity contribution in [3.8, 4) is 5.75 Å². The highest BCUT2D eigenvalue weighted by Gasteiger charge is 2.12. The van der Waals surface area contributed by atoms with E-state index in [1.165, 1.54) is 5.56 Å². The number of para-hydroxylation sites is 1. The quantitative estimate of drug-likeness (QED) is 0.698. The highest BCUT2D eigenvalue weighted by Crippen LogP contribution is 2.19. The van der Waals surface area contributed by atoms with Gasteiger partial charge in [-0.3, -0.25) is 0 Å². The molecule has 102 valence electrons. The summed E-state index contributed by atoms with van der Waals surface area (Å²) >= 11 is 0. The molecular weight excluding hydrogens is 226 g/mol. The molecule has 0 unspecified atom stereocenters. The van der Waals surface area contributed by atoms with Crippen LogP contribution in [0.5, 0.6) is 5.75 Å². The van der Waals surface area contributed by atoms with E-state index in [1.807, 2.05) is 18.2 Å². The summed E-state index contributed by atoms with van der Waals surface area (Å²) in [6, 6.07) is 8.05. The third-order valence-electron chi connectivity index (χ3n) is 2.69. The maximum Gasteiger partial charge on any atom is 0.123 e. The van der Waals surface area contributed by atoms with E-state index in [2.05, 4.69) is 18.3 Å². The van der Waals surface area contributed by atoms with Gasteiger partial charge in [-0.05, 0) is 32.9 Å². The van der Waals surface area contributed by atoms with Crippen molar-refractivity contribution >= 4 is 0 Å². The second-order valence-electron chi connectivity index (χ2n) is 5.20. The second kappa shape index (κ2) is 7.39. The van der Waals surface area contributed by atoms with E-state index in [-0.39, 0.29) is 0 Å². The third-order valence-corrected chi connectivity index (χ3v) is 2.69. The summed E-state index contributed by atoms with van der Waals surface area (Å²) < 4.78 is 5.74. The van der Waals surface area contributed by atoms with Crippen molar-refractivity contribution in [2.24, 2.45) is 0 Å². The highest BCUT2D eigenvalue weighted by atomic mass is 16.5. The van der Waals surface area contributed by atoms with Crippen molar-refractivity contribution < 1.29 is 9.84 Å². The van der Waals surface area contributed by atoms with E-state index in [0.717, 1.165) is 25.3 Å². The van der Waals surface area contributed by atoms with Crippen molar-refractivity contribution in [2.75, 3.05) is 13.2 Å². The molecule has 0 saturated heterocycles. The van der Waals surface area contributed by atoms with Crippen LogP contribution in [-0.4, -0.2) is 23.9 Å². The molecule has 0 aliphatic heterocycles. The molecule has 0 aliphatic rings. The van der Waals surface area contributed by atoms with Crippen molar-refractivity contribution in [3.63, 3.8) is 0 Å². The lowest BCUT2D eigenvalue weighted by atomic mass is 10.1. The van der Waals surface area contributed by atoms with E-state index in [1.54, 1.807) is 13.8 Å². The van der Waals surface area contributed by atoms with Gasteiger partial charge in [0.1, 0.15) is 5.75 Å². The fourth-order valence-corrected chi connectivity index (χ4v) is 1.60. The minimum absolute atomic E-state index is 0.536. The molecule has 2 N–H and O–H groups in total. The van der Waals surface area contributed by atoms with Crippen molar-refractivity contribution in [2.45, 2.75) is 45.8 Å². The number of hydrogen-bond donors (Lipinski definition) is 2. The Labute approximate surface area is 110 Å². The summed E-state index contributed by atoms with van der Waals surface area (Å²) in [4.78, 5) is 0. The van der Waals surface area contributed by atoms with Crippen LogP contribution in [0.1, 0.15) is 39.2 Å². The van der Waals surface area contributed by atoms with Crippen LogP contribution in [0.3, 0.4) is 0 Å². The van der Waals surface area contributed by atoms with E-state index < -0.39 is 5.60 Å². The Kier molecular flexibility index (Phi) is 6.16. The highest BCUT2D eigenvalue weighted by molar-refractivity contribution is 5.33. The van der Waals surface area contributed by atoms with E-state index in [0.29, 0.717) is 13.0 Å². The largest absolute Gasteiger partial charge is 0.493 e. The summed E-state index contributed by atoms with van der Waals surface area (Å²) in [5.74, 6) is 0.908. The normalized spacial score (nSPS) is 11.6. The molecule has 1 aromatic carbocycles. The lowest BCUT2D eigenvalue weighted by Gasteiger charge is -2.18. The first-order valence-corrected chi connectivity index (χ1v) is 6.67. The molecule has 0 bridgehead atoms. The third kappa shape index (κ3) is 6.03. The van der Waals surface area contributed by atoms with Crippen LogP contribution in [0.25, 0.3) is 0 Å². The van der Waals surface area contributed by atoms with Gasteiger partial charge in [0.15, 0.2) is 0 Å². The van der Waals surface area contributed by atoms with Gasteiger partial charge < -0.3 is 15.2 Å². The van der Waals surface area contributed by atoms with Gasteiger partial charge in [-0.2, -0.15) is 0 Å². The van der Waals surface area contributed by atoms with Crippen LogP contribution in [0, 0.1) is 0 Å². The number of benzene rings is 1. The molecule has 0 amide bonds. The maximum atomic E-state index is 9.65. The fraction of sp³-hybridized carbons (Fsp3) is 0.600. The van der Waals surface area contributed by atoms with Crippen LogP contribution in [0.4, 0.5) is 0 Å². The van der Waals surface area contributed by atoms with Gasteiger partial charge >= 0.3 is 0 Å². The minimum atomic E-state index is -0.671. The molecule has 1 rings (SSSR count). The number of rotatable bonds is 8. The number of nitrogens with one attached hydrogen (secondary N) is 1. The Morgan fingerprint density at radius 2 is 2.00 bits per heavy atom. The zero-order valence-corrected chi connectivity index (χ0v) is 11.7. The zero-order valence-electron chi connectivity index (χ0n) is 11.7. The van der Waals surface area contributed by atoms with Crippen LogP contribution in [-0.2, 0) is 6.54 Å². The lowest BCUT2D eigenvalue weighted by molar-refractivity contribution is 0.0552. The summed E-state index contributed by atoms with van der Waals surface area (Å²) in [6.07, 6.45) is 1.76. The Morgan fingerprint density at radius 1 is 1.28 bits per heavy atom. The van der Waals surface area contributed by atoms with Crippen LogP contribution in [0.15, 0.2) is 24.3 Å². The van der Waals surface area contributed by atoms with E-state index in [9.17, 15) is 5.11 Å². The summed E-state index contributed by atoms with van der Waals surface area (Å²) in [5, 5.41) is 13.0. The molecule has 1 aromatic rings. The monoisotopic (exact) mass is 251 g/mol. The van der Waals surface area contributed by atoms with Gasteiger partial charge in [-0.15, -0.1) is 0 Å². The standard InChI is InChI=1S/C15H25NO2/c1-4-10-16-12-13-7-5-6-8-14(13)18-11-9-15(2,3)17/h5-8,16-17H,4,9-12H2,1-3H3. The first-order chi connectivity index (χ1) is 8.53. The predicted octanol–water partition coefficient (Wildman–Crippen LogP) is 2.73. The number of hydrogen-bond acceptors (Lipinski definition) is 3. The van der Waals surface area contributed by atoms with Gasteiger partial charge in [0.25, 0.3) is 0 Å². The van der Waals surface area contributed by atoms with E-state index >= 15 is 0 Å². The van der Waals surface area contributed by atoms with Crippen LogP contribution < -0.4 is 10.1 Å². The molecule has 0 spiro atoms. The Hall–Kier alpha value is -1.06. The molecule has 3 heteroatoms. The second-order valence-corrected chi connectivity index (χ2v) is 5.20. The van der Waals surface area contributed by atoms with Gasteiger partial charge in [0.2, 0.25) is 0 Å². The first-order valence-electron chi connectivity index (χ1n) is 6.67. The smallest absolute Gasteiger partial charge is 0.123 e. The predicted molar refractivity (Wildman–Crippen MR) is 74.8 cm³/mol. The Balaban J connectivity index is 2.48. The average Bonchev–Trinajstić information content (AvgIpc) is 2.30. The van der Waals surface area contributed by atoms with Gasteiger partial charge in [0.05, 0.1) is 12.2 Å². The van der Waals surface area contributed by atoms with E-state index in [4.69, 9.17) is 4.74 Å². The Morgan fingerprint density at radius 3 is 2.67 bits per heavy atom. The van der Waals surface area contributed by atoms with Crippen molar-refractivity contribution in [3.05, 3.63) is 29.8 Å². The van der Waals surface area contributed by atoms with Crippen molar-refractivity contribution in [1.82, 2.24) is 5.32 Å².